The van der Waals surface area contributed by atoms with E-state index >= 15 is 0 Å². The fraction of sp³-hybridized carbons (Fsp3) is 0.200. The van der Waals surface area contributed by atoms with Crippen molar-refractivity contribution in [3.05, 3.63) is 84.4 Å². The summed E-state index contributed by atoms with van der Waals surface area (Å²) in [5.41, 5.74) is 0.541. The summed E-state index contributed by atoms with van der Waals surface area (Å²) in [5, 5.41) is 2.63. The predicted molar refractivity (Wildman–Crippen MR) is 128 cm³/mol. The molecule has 1 amide bonds. The fourth-order valence-corrected chi connectivity index (χ4v) is 4.28. The zero-order valence-electron chi connectivity index (χ0n) is 19.1. The summed E-state index contributed by atoms with van der Waals surface area (Å²) >= 11 is 0. The van der Waals surface area contributed by atoms with E-state index in [0.29, 0.717) is 17.2 Å². The van der Waals surface area contributed by atoms with Crippen LogP contribution in [0.4, 0.5) is 5.69 Å². The molecule has 0 aliphatic rings. The number of amides is 1. The van der Waals surface area contributed by atoms with E-state index in [1.807, 2.05) is 30.3 Å². The summed E-state index contributed by atoms with van der Waals surface area (Å²) in [6, 6.07) is 21.3. The van der Waals surface area contributed by atoms with Gasteiger partial charge in [0.2, 0.25) is 10.0 Å². The molecule has 3 rings (SSSR count). The molecule has 0 unspecified atom stereocenters. The van der Waals surface area contributed by atoms with E-state index in [2.05, 4.69) is 5.32 Å². The molecule has 8 nitrogen and oxygen atoms in total. The van der Waals surface area contributed by atoms with Crippen LogP contribution in [0.15, 0.2) is 83.8 Å². The van der Waals surface area contributed by atoms with Gasteiger partial charge in [0, 0.05) is 18.8 Å². The lowest BCUT2D eigenvalue weighted by atomic mass is 10.2. The van der Waals surface area contributed by atoms with Gasteiger partial charge in [-0.15, -0.1) is 0 Å². The number of hydrogen-bond acceptors (Lipinski definition) is 6. The van der Waals surface area contributed by atoms with E-state index in [1.165, 1.54) is 35.6 Å². The van der Waals surface area contributed by atoms with E-state index < -0.39 is 28.5 Å². The van der Waals surface area contributed by atoms with Crippen LogP contribution in [0, 0.1) is 0 Å². The van der Waals surface area contributed by atoms with Gasteiger partial charge in [-0.2, -0.15) is 4.31 Å². The molecule has 0 aliphatic heterocycles. The molecular weight excluding hydrogens is 456 g/mol. The number of esters is 1. The summed E-state index contributed by atoms with van der Waals surface area (Å²) < 4.78 is 37.3. The van der Waals surface area contributed by atoms with Crippen molar-refractivity contribution < 1.29 is 27.5 Å². The minimum Gasteiger partial charge on any atom is -0.457 e. The van der Waals surface area contributed by atoms with Crippen LogP contribution >= 0.6 is 0 Å². The standard InChI is InChI=1S/C25H26N2O6S/c1-18(2)27(3)34(30,31)23-11-7-8-19(16-23)25(29)32-17-24(28)26-20-12-14-22(15-13-20)33-21-9-5-4-6-10-21/h4-16,18H,17H2,1-3H3,(H,26,28). The van der Waals surface area contributed by atoms with Crippen molar-refractivity contribution in [3.8, 4) is 11.5 Å². The van der Waals surface area contributed by atoms with Gasteiger partial charge >= 0.3 is 5.97 Å². The summed E-state index contributed by atoms with van der Waals surface area (Å²) in [5.74, 6) is -0.0353. The van der Waals surface area contributed by atoms with Crippen LogP contribution in [-0.4, -0.2) is 44.3 Å². The average molecular weight is 483 g/mol. The van der Waals surface area contributed by atoms with E-state index in [0.717, 1.165) is 0 Å². The number of para-hydroxylation sites is 1. The first-order valence-corrected chi connectivity index (χ1v) is 12.0. The molecule has 0 radical (unpaired) electrons. The number of anilines is 1. The predicted octanol–water partition coefficient (Wildman–Crippen LogP) is 4.30. The number of benzene rings is 3. The molecule has 0 spiro atoms. The molecule has 0 fully saturated rings. The summed E-state index contributed by atoms with van der Waals surface area (Å²) in [6.45, 7) is 2.97. The van der Waals surface area contributed by atoms with Gasteiger partial charge in [-0.25, -0.2) is 13.2 Å². The van der Waals surface area contributed by atoms with Crippen LogP contribution in [0.2, 0.25) is 0 Å². The molecule has 0 saturated carbocycles. The van der Waals surface area contributed by atoms with Crippen LogP contribution in [-0.2, 0) is 19.6 Å². The van der Waals surface area contributed by atoms with Crippen molar-refractivity contribution in [1.29, 1.82) is 0 Å². The van der Waals surface area contributed by atoms with Gasteiger partial charge in [-0.1, -0.05) is 24.3 Å². The Morgan fingerprint density at radius 1 is 0.912 bits per heavy atom. The molecule has 1 N–H and O–H groups in total. The molecule has 0 atom stereocenters. The van der Waals surface area contributed by atoms with Crippen molar-refractivity contribution >= 4 is 27.6 Å². The maximum absolute atomic E-state index is 12.6. The maximum atomic E-state index is 12.6. The molecule has 34 heavy (non-hydrogen) atoms. The molecule has 0 saturated heterocycles. The second-order valence-electron chi connectivity index (χ2n) is 7.71. The number of ether oxygens (including phenoxy) is 2. The summed E-state index contributed by atoms with van der Waals surface area (Å²) in [4.78, 5) is 24.5. The first kappa shape index (κ1) is 24.9. The molecule has 0 aliphatic carbocycles. The van der Waals surface area contributed by atoms with E-state index in [4.69, 9.17) is 9.47 Å². The number of nitrogens with zero attached hydrogens (tertiary/aromatic N) is 1. The number of carbonyl (C=O) groups excluding carboxylic acids is 2. The van der Waals surface area contributed by atoms with Crippen LogP contribution in [0.25, 0.3) is 0 Å². The Hall–Kier alpha value is -3.69. The second kappa shape index (κ2) is 11.0. The molecular formula is C25H26N2O6S. The van der Waals surface area contributed by atoms with Crippen LogP contribution < -0.4 is 10.1 Å². The lowest BCUT2D eigenvalue weighted by Crippen LogP contribution is -2.33. The van der Waals surface area contributed by atoms with Crippen LogP contribution in [0.3, 0.4) is 0 Å². The average Bonchev–Trinajstić information content (AvgIpc) is 2.84. The van der Waals surface area contributed by atoms with Crippen LogP contribution in [0.1, 0.15) is 24.2 Å². The van der Waals surface area contributed by atoms with Crippen molar-refractivity contribution in [1.82, 2.24) is 4.31 Å². The highest BCUT2D eigenvalue weighted by molar-refractivity contribution is 7.89. The Labute approximate surface area is 199 Å². The Morgan fingerprint density at radius 2 is 1.56 bits per heavy atom. The van der Waals surface area contributed by atoms with Crippen molar-refractivity contribution in [2.24, 2.45) is 0 Å². The van der Waals surface area contributed by atoms with Gasteiger partial charge in [0.05, 0.1) is 10.5 Å². The summed E-state index contributed by atoms with van der Waals surface area (Å²) in [7, 11) is -2.29. The number of rotatable bonds is 9. The monoisotopic (exact) mass is 482 g/mol. The molecule has 178 valence electrons. The van der Waals surface area contributed by atoms with Gasteiger partial charge in [-0.3, -0.25) is 4.79 Å². The number of hydrogen-bond donors (Lipinski definition) is 1. The van der Waals surface area contributed by atoms with E-state index in [-0.39, 0.29) is 16.5 Å². The van der Waals surface area contributed by atoms with Gasteiger partial charge < -0.3 is 14.8 Å². The van der Waals surface area contributed by atoms with Crippen molar-refractivity contribution in [2.45, 2.75) is 24.8 Å². The van der Waals surface area contributed by atoms with Gasteiger partial charge in [0.15, 0.2) is 6.61 Å². The number of carbonyl (C=O) groups is 2. The highest BCUT2D eigenvalue weighted by Crippen LogP contribution is 2.23. The highest BCUT2D eigenvalue weighted by atomic mass is 32.2. The minimum absolute atomic E-state index is 0.0274. The Balaban J connectivity index is 1.55. The number of sulfonamides is 1. The zero-order chi connectivity index (χ0) is 24.7. The molecule has 9 heteroatoms. The Morgan fingerprint density at radius 3 is 2.21 bits per heavy atom. The third kappa shape index (κ3) is 6.43. The van der Waals surface area contributed by atoms with Gasteiger partial charge in [0.25, 0.3) is 5.91 Å². The largest absolute Gasteiger partial charge is 0.457 e. The summed E-state index contributed by atoms with van der Waals surface area (Å²) in [6.07, 6.45) is 0. The molecule has 0 heterocycles. The fourth-order valence-electron chi connectivity index (χ4n) is 2.87. The Bertz CT molecular complexity index is 1240. The Kier molecular flexibility index (Phi) is 8.04. The van der Waals surface area contributed by atoms with Crippen molar-refractivity contribution in [2.75, 3.05) is 19.0 Å². The topological polar surface area (TPSA) is 102 Å². The van der Waals surface area contributed by atoms with Crippen LogP contribution in [0.5, 0.6) is 11.5 Å². The van der Waals surface area contributed by atoms with Gasteiger partial charge in [-0.05, 0) is 68.4 Å². The first-order valence-electron chi connectivity index (χ1n) is 10.5. The number of nitrogens with one attached hydrogen (secondary N) is 1. The van der Waals surface area contributed by atoms with Crippen molar-refractivity contribution in [3.63, 3.8) is 0 Å². The smallest absolute Gasteiger partial charge is 0.338 e. The lowest BCUT2D eigenvalue weighted by molar-refractivity contribution is -0.119. The normalized spacial score (nSPS) is 11.3. The minimum atomic E-state index is -3.75. The maximum Gasteiger partial charge on any atom is 0.338 e. The van der Waals surface area contributed by atoms with E-state index in [1.54, 1.807) is 38.1 Å². The first-order chi connectivity index (χ1) is 16.2. The third-order valence-electron chi connectivity index (χ3n) is 4.93. The van der Waals surface area contributed by atoms with E-state index in [9.17, 15) is 18.0 Å². The highest BCUT2D eigenvalue weighted by Gasteiger charge is 2.24. The quantitative estimate of drug-likeness (QED) is 0.456. The molecule has 3 aromatic carbocycles. The molecule has 0 aromatic heterocycles. The zero-order valence-corrected chi connectivity index (χ0v) is 19.9. The second-order valence-corrected chi connectivity index (χ2v) is 9.70. The SMILES string of the molecule is CC(C)N(C)S(=O)(=O)c1cccc(C(=O)OCC(=O)Nc2ccc(Oc3ccccc3)cc2)c1. The lowest BCUT2D eigenvalue weighted by Gasteiger charge is -2.21. The third-order valence-corrected chi connectivity index (χ3v) is 6.95. The molecule has 3 aromatic rings. The molecule has 0 bridgehead atoms. The van der Waals surface area contributed by atoms with Gasteiger partial charge in [0.1, 0.15) is 11.5 Å².